The third-order valence-corrected chi connectivity index (χ3v) is 8.16. The summed E-state index contributed by atoms with van der Waals surface area (Å²) in [7, 11) is 1.58. The number of carbonyl (C=O) groups excluding carboxylic acids is 2. The van der Waals surface area contributed by atoms with Crippen LogP contribution in [-0.2, 0) is 21.0 Å². The second-order valence-corrected chi connectivity index (χ2v) is 10.5. The van der Waals surface area contributed by atoms with E-state index in [1.807, 2.05) is 42.5 Å². The number of benzene rings is 3. The van der Waals surface area contributed by atoms with Crippen molar-refractivity contribution < 1.29 is 29.0 Å². The molecule has 7 heteroatoms. The Morgan fingerprint density at radius 2 is 1.55 bits per heavy atom. The number of Topliss-reactive ketones (excluding diaryl/α,β-unsaturated/α-hetero) is 2. The van der Waals surface area contributed by atoms with Gasteiger partial charge in [-0.1, -0.05) is 48.5 Å². The fourth-order valence-corrected chi connectivity index (χ4v) is 6.43. The van der Waals surface area contributed by atoms with Crippen LogP contribution >= 0.6 is 0 Å². The van der Waals surface area contributed by atoms with Crippen LogP contribution in [-0.4, -0.2) is 41.2 Å². The van der Waals surface area contributed by atoms with E-state index < -0.39 is 11.9 Å². The van der Waals surface area contributed by atoms with E-state index in [2.05, 4.69) is 18.2 Å². The lowest BCUT2D eigenvalue weighted by Crippen LogP contribution is -2.41. The maximum Gasteiger partial charge on any atom is 0.323 e. The summed E-state index contributed by atoms with van der Waals surface area (Å²) in [6.07, 6.45) is 3.33. The molecule has 0 radical (unpaired) electrons. The highest BCUT2D eigenvalue weighted by Crippen LogP contribution is 2.50. The Hall–Kier alpha value is -4.39. The Morgan fingerprint density at radius 3 is 2.23 bits per heavy atom. The van der Waals surface area contributed by atoms with Gasteiger partial charge in [0.15, 0.2) is 23.1 Å². The molecule has 3 aliphatic rings. The summed E-state index contributed by atoms with van der Waals surface area (Å²) in [6, 6.07) is 19.9. The Labute approximate surface area is 232 Å². The number of carboxylic acid groups (broad SMARTS) is 1. The molecule has 0 saturated carbocycles. The summed E-state index contributed by atoms with van der Waals surface area (Å²) in [6.45, 7) is 0.0986. The number of carbonyl (C=O) groups is 3. The summed E-state index contributed by atoms with van der Waals surface area (Å²) in [5, 5.41) is 11.9. The lowest BCUT2D eigenvalue weighted by atomic mass is 9.71. The van der Waals surface area contributed by atoms with Crippen LogP contribution in [0.1, 0.15) is 55.6 Å². The average Bonchev–Trinajstić information content (AvgIpc) is 2.96. The van der Waals surface area contributed by atoms with Crippen LogP contribution in [0.5, 0.6) is 11.5 Å². The highest BCUT2D eigenvalue weighted by atomic mass is 16.5. The Morgan fingerprint density at radius 1 is 0.875 bits per heavy atom. The Bertz CT molecular complexity index is 1550. The number of ketones is 2. The minimum absolute atomic E-state index is 0.0261. The van der Waals surface area contributed by atoms with Gasteiger partial charge < -0.3 is 19.5 Å². The number of ether oxygens (including phenoxy) is 2. The van der Waals surface area contributed by atoms with Gasteiger partial charge in [0.25, 0.3) is 0 Å². The molecule has 3 aromatic rings. The lowest BCUT2D eigenvalue weighted by molar-refractivity contribution is -0.138. The summed E-state index contributed by atoms with van der Waals surface area (Å²) >= 11 is 0. The zero-order chi connectivity index (χ0) is 27.8. The number of carboxylic acids is 1. The van der Waals surface area contributed by atoms with Gasteiger partial charge in [-0.25, -0.2) is 0 Å². The predicted molar refractivity (Wildman–Crippen MR) is 150 cm³/mol. The van der Waals surface area contributed by atoms with Gasteiger partial charge in [-0.2, -0.15) is 0 Å². The maximum absolute atomic E-state index is 13.4. The SMILES string of the molecule is COc1cc(C2C3=C(CCCC3=O)N(CC(=O)O)C3=C2C(=O)CCC3)ccc1OCc1cccc2ccccc12. The molecule has 204 valence electrons. The second kappa shape index (κ2) is 10.6. The minimum Gasteiger partial charge on any atom is -0.493 e. The zero-order valence-corrected chi connectivity index (χ0v) is 22.4. The van der Waals surface area contributed by atoms with Gasteiger partial charge in [-0.05, 0) is 59.7 Å². The first kappa shape index (κ1) is 25.9. The third-order valence-electron chi connectivity index (χ3n) is 8.16. The van der Waals surface area contributed by atoms with Crippen molar-refractivity contribution in [1.82, 2.24) is 4.90 Å². The van der Waals surface area contributed by atoms with Gasteiger partial charge in [-0.15, -0.1) is 0 Å². The minimum atomic E-state index is -0.984. The molecule has 0 amide bonds. The average molecular weight is 538 g/mol. The molecular formula is C33H31NO6. The van der Waals surface area contributed by atoms with Crippen LogP contribution in [0.4, 0.5) is 0 Å². The van der Waals surface area contributed by atoms with Crippen molar-refractivity contribution in [3.05, 3.63) is 94.3 Å². The van der Waals surface area contributed by atoms with Crippen molar-refractivity contribution >= 4 is 28.3 Å². The summed E-state index contributed by atoms with van der Waals surface area (Å²) < 4.78 is 12.0. The van der Waals surface area contributed by atoms with Crippen molar-refractivity contribution in [2.45, 2.75) is 51.0 Å². The smallest absolute Gasteiger partial charge is 0.323 e. The molecule has 0 saturated heterocycles. The normalized spacial score (nSPS) is 17.7. The fourth-order valence-electron chi connectivity index (χ4n) is 6.43. The van der Waals surface area contributed by atoms with Crippen molar-refractivity contribution in [2.75, 3.05) is 13.7 Å². The van der Waals surface area contributed by atoms with E-state index in [1.165, 1.54) is 0 Å². The molecule has 1 aliphatic heterocycles. The molecule has 6 rings (SSSR count). The molecule has 0 unspecified atom stereocenters. The number of nitrogens with zero attached hydrogens (tertiary/aromatic N) is 1. The molecule has 0 bridgehead atoms. The van der Waals surface area contributed by atoms with E-state index in [4.69, 9.17) is 9.47 Å². The van der Waals surface area contributed by atoms with E-state index in [-0.39, 0.29) is 18.1 Å². The summed E-state index contributed by atoms with van der Waals surface area (Å²) in [4.78, 5) is 40.3. The van der Waals surface area contributed by atoms with Crippen LogP contribution in [0.25, 0.3) is 10.8 Å². The molecule has 2 aliphatic carbocycles. The number of fused-ring (bicyclic) bond motifs is 1. The van der Waals surface area contributed by atoms with Gasteiger partial charge in [-0.3, -0.25) is 14.4 Å². The van der Waals surface area contributed by atoms with Crippen LogP contribution in [0.2, 0.25) is 0 Å². The van der Waals surface area contributed by atoms with Gasteiger partial charge in [0.05, 0.1) is 7.11 Å². The molecule has 0 atom stereocenters. The maximum atomic E-state index is 13.4. The van der Waals surface area contributed by atoms with E-state index >= 15 is 0 Å². The number of allylic oxidation sites excluding steroid dienone is 4. The third kappa shape index (κ3) is 4.55. The van der Waals surface area contributed by atoms with Gasteiger partial charge >= 0.3 is 5.97 Å². The van der Waals surface area contributed by atoms with Gasteiger partial charge in [0.2, 0.25) is 0 Å². The first-order valence-electron chi connectivity index (χ1n) is 13.8. The van der Waals surface area contributed by atoms with E-state index in [0.29, 0.717) is 67.8 Å². The summed E-state index contributed by atoms with van der Waals surface area (Å²) in [5.74, 6) is -0.500. The number of hydrogen-bond donors (Lipinski definition) is 1. The first-order chi connectivity index (χ1) is 19.5. The number of aliphatic carboxylic acids is 1. The van der Waals surface area contributed by atoms with Crippen LogP contribution in [0.15, 0.2) is 83.2 Å². The number of rotatable bonds is 7. The fraction of sp³-hybridized carbons (Fsp3) is 0.303. The number of hydrogen-bond acceptors (Lipinski definition) is 6. The van der Waals surface area contributed by atoms with Gasteiger partial charge in [0.1, 0.15) is 13.2 Å². The van der Waals surface area contributed by atoms with E-state index in [0.717, 1.165) is 33.3 Å². The Balaban J connectivity index is 1.39. The standard InChI is InChI=1S/C33H31NO6/c1-39-29-17-21(15-16-28(29)40-19-22-9-4-8-20-7-2-3-10-23(20)22)31-32-24(11-5-13-26(32)35)34(18-30(37)38)25-12-6-14-27(36)33(25)31/h2-4,7-10,15-17,31H,5-6,11-14,18-19H2,1H3,(H,37,38). The molecular weight excluding hydrogens is 506 g/mol. The lowest BCUT2D eigenvalue weighted by Gasteiger charge is -2.43. The number of methoxy groups -OCH3 is 1. The zero-order valence-electron chi connectivity index (χ0n) is 22.4. The van der Waals surface area contributed by atoms with Crippen LogP contribution < -0.4 is 9.47 Å². The van der Waals surface area contributed by atoms with Crippen LogP contribution in [0.3, 0.4) is 0 Å². The monoisotopic (exact) mass is 537 g/mol. The molecule has 3 aromatic carbocycles. The highest BCUT2D eigenvalue weighted by molar-refractivity contribution is 6.06. The van der Waals surface area contributed by atoms with Crippen LogP contribution in [0, 0.1) is 0 Å². The van der Waals surface area contributed by atoms with E-state index in [9.17, 15) is 19.5 Å². The summed E-state index contributed by atoms with van der Waals surface area (Å²) in [5.41, 5.74) is 4.41. The van der Waals surface area contributed by atoms with E-state index in [1.54, 1.807) is 12.0 Å². The molecule has 0 fully saturated rings. The highest BCUT2D eigenvalue weighted by Gasteiger charge is 2.43. The molecule has 1 N–H and O–H groups in total. The molecule has 40 heavy (non-hydrogen) atoms. The molecule has 0 spiro atoms. The predicted octanol–water partition coefficient (Wildman–Crippen LogP) is 5.93. The second-order valence-electron chi connectivity index (χ2n) is 10.5. The van der Waals surface area contributed by atoms with Crippen molar-refractivity contribution in [3.63, 3.8) is 0 Å². The molecule has 7 nitrogen and oxygen atoms in total. The largest absolute Gasteiger partial charge is 0.493 e. The quantitative estimate of drug-likeness (QED) is 0.400. The van der Waals surface area contributed by atoms with Crippen molar-refractivity contribution in [1.29, 1.82) is 0 Å². The van der Waals surface area contributed by atoms with Crippen molar-refractivity contribution in [2.24, 2.45) is 0 Å². The molecule has 0 aromatic heterocycles. The van der Waals surface area contributed by atoms with Crippen molar-refractivity contribution in [3.8, 4) is 11.5 Å². The Kier molecular flexibility index (Phi) is 6.88. The van der Waals surface area contributed by atoms with Gasteiger partial charge in [0, 0.05) is 41.3 Å². The first-order valence-corrected chi connectivity index (χ1v) is 13.8. The molecule has 1 heterocycles. The topological polar surface area (TPSA) is 93.1 Å².